The fourth-order valence-electron chi connectivity index (χ4n) is 3.09. The Morgan fingerprint density at radius 2 is 1.21 bits per heavy atom. The van der Waals surface area contributed by atoms with Gasteiger partial charge in [-0.2, -0.15) is 21.6 Å². The summed E-state index contributed by atoms with van der Waals surface area (Å²) >= 11 is 0. The monoisotopic (exact) mass is 518 g/mol. The lowest BCUT2D eigenvalue weighted by Crippen LogP contribution is -2.42. The molecule has 0 atom stereocenters. The van der Waals surface area contributed by atoms with Crippen molar-refractivity contribution in [3.8, 4) is 5.75 Å². The number of alkyl halides is 3. The van der Waals surface area contributed by atoms with Crippen LogP contribution in [0.1, 0.15) is 11.1 Å². The molecule has 0 fully saturated rings. The normalized spacial score (nSPS) is 12.7. The molecule has 0 heterocycles. The zero-order chi connectivity index (χ0) is 24.4. The van der Waals surface area contributed by atoms with Crippen LogP contribution in [0, 0.1) is 13.8 Å². The second kappa shape index (κ2) is 9.37. The van der Waals surface area contributed by atoms with E-state index in [4.69, 9.17) is 0 Å². The largest absolute Gasteiger partial charge is 0.512 e. The number of nitrogens with one attached hydrogen (secondary N) is 1. The molecular weight excluding hydrogens is 499 g/mol. The van der Waals surface area contributed by atoms with Gasteiger partial charge in [0, 0.05) is 11.1 Å². The van der Waals surface area contributed by atoms with Crippen molar-refractivity contribution in [2.75, 3.05) is 0 Å². The number of aryl methyl sites for hydroxylation is 2. The van der Waals surface area contributed by atoms with Crippen molar-refractivity contribution in [3.05, 3.63) is 83.9 Å². The molecule has 1 N–H and O–H groups in total. The topological polar surface area (TPSA) is 89.5 Å². The lowest BCUT2D eigenvalue weighted by Gasteiger charge is -2.15. The van der Waals surface area contributed by atoms with Gasteiger partial charge in [-0.15, -0.1) is 0 Å². The number of sulfonamides is 1. The molecule has 0 aliphatic rings. The average molecular weight is 519 g/mol. The first-order valence-electron chi connectivity index (χ1n) is 9.31. The van der Waals surface area contributed by atoms with Crippen LogP contribution in [-0.4, -0.2) is 22.3 Å². The third kappa shape index (κ3) is 5.88. The number of benzene rings is 3. The molecule has 0 spiro atoms. The van der Waals surface area contributed by atoms with Crippen LogP contribution < -0.4 is 8.31 Å². The second-order valence-corrected chi connectivity index (χ2v) is 12.1. The molecule has 6 nitrogen and oxygen atoms in total. The van der Waals surface area contributed by atoms with Gasteiger partial charge in [0.15, 0.2) is 14.7 Å². The van der Waals surface area contributed by atoms with E-state index in [1.165, 1.54) is 12.1 Å². The summed E-state index contributed by atoms with van der Waals surface area (Å²) in [7, 11) is -12.0. The second-order valence-electron chi connectivity index (χ2n) is 6.89. The molecule has 0 aliphatic heterocycles. The minimum Gasteiger partial charge on any atom is -0.370 e. The van der Waals surface area contributed by atoms with Crippen molar-refractivity contribution in [1.29, 1.82) is 0 Å². The Bertz CT molecular complexity index is 1280. The summed E-state index contributed by atoms with van der Waals surface area (Å²) in [5.74, 6) is -0.316. The highest BCUT2D eigenvalue weighted by atomic mass is 32.3. The molecule has 0 bridgehead atoms. The van der Waals surface area contributed by atoms with Gasteiger partial charge in [-0.05, 0) is 50.2 Å². The number of hydrogen-bond donors (Lipinski definition) is 1. The van der Waals surface area contributed by atoms with Crippen molar-refractivity contribution in [1.82, 2.24) is 4.13 Å². The van der Waals surface area contributed by atoms with Gasteiger partial charge in [-0.1, -0.05) is 40.5 Å². The van der Waals surface area contributed by atoms with Gasteiger partial charge >= 0.3 is 25.8 Å². The molecule has 0 radical (unpaired) electrons. The number of halogens is 3. The van der Waals surface area contributed by atoms with Gasteiger partial charge < -0.3 is 4.18 Å². The van der Waals surface area contributed by atoms with Gasteiger partial charge in [0.2, 0.25) is 0 Å². The smallest absolute Gasteiger partial charge is 0.370 e. The summed E-state index contributed by atoms with van der Waals surface area (Å²) in [6.07, 6.45) is 0. The summed E-state index contributed by atoms with van der Waals surface area (Å²) in [6.45, 7) is 3.43. The fraction of sp³-hybridized carbons (Fsp3) is 0.143. The van der Waals surface area contributed by atoms with Crippen LogP contribution in [0.25, 0.3) is 0 Å². The molecule has 0 unspecified atom stereocenters. The molecule has 0 amide bonds. The highest BCUT2D eigenvalue weighted by molar-refractivity contribution is 8.03. The van der Waals surface area contributed by atoms with Crippen molar-refractivity contribution >= 4 is 31.2 Å². The number of rotatable bonds is 7. The molecular formula is C21H19F3NO5S3+. The van der Waals surface area contributed by atoms with Crippen molar-refractivity contribution in [3.63, 3.8) is 0 Å². The first-order chi connectivity index (χ1) is 15.3. The highest BCUT2D eigenvalue weighted by Crippen LogP contribution is 2.37. The van der Waals surface area contributed by atoms with E-state index in [0.29, 0.717) is 15.3 Å². The minimum absolute atomic E-state index is 0.316. The molecule has 3 aromatic rings. The molecule has 3 rings (SSSR count). The molecule has 33 heavy (non-hydrogen) atoms. The Labute approximate surface area is 193 Å². The summed E-state index contributed by atoms with van der Waals surface area (Å²) < 4.78 is 88.9. The third-order valence-electron chi connectivity index (χ3n) is 4.32. The Hall–Kier alpha value is -2.54. The van der Waals surface area contributed by atoms with Crippen LogP contribution in [0.4, 0.5) is 13.2 Å². The predicted molar refractivity (Wildman–Crippen MR) is 119 cm³/mol. The predicted octanol–water partition coefficient (Wildman–Crippen LogP) is 4.46. The molecule has 0 aromatic heterocycles. The lowest BCUT2D eigenvalue weighted by molar-refractivity contribution is -0.0442. The molecule has 176 valence electrons. The van der Waals surface area contributed by atoms with Gasteiger partial charge in [-0.25, -0.2) is 8.42 Å². The minimum atomic E-state index is -6.15. The van der Waals surface area contributed by atoms with E-state index < -0.39 is 36.7 Å². The Morgan fingerprint density at radius 3 is 1.61 bits per heavy atom. The van der Waals surface area contributed by atoms with Crippen molar-refractivity contribution in [2.24, 2.45) is 0 Å². The molecule has 0 saturated carbocycles. The zero-order valence-corrected chi connectivity index (χ0v) is 19.8. The highest BCUT2D eigenvalue weighted by Gasteiger charge is 2.49. The van der Waals surface area contributed by atoms with Crippen LogP contribution in [0.3, 0.4) is 0 Å². The van der Waals surface area contributed by atoms with Crippen LogP contribution in [-0.2, 0) is 31.2 Å². The molecule has 3 aromatic carbocycles. The summed E-state index contributed by atoms with van der Waals surface area (Å²) in [6, 6.07) is 21.9. The lowest BCUT2D eigenvalue weighted by atomic mass is 10.1. The van der Waals surface area contributed by atoms with E-state index in [9.17, 15) is 30.0 Å². The first-order valence-corrected chi connectivity index (χ1v) is 13.4. The van der Waals surface area contributed by atoms with Crippen molar-refractivity contribution < 1.29 is 34.2 Å². The SMILES string of the molecule is Cc1cc(OS(=O)(=O)NS(=O)(=O)C(F)(F)F)cc(C)c1[S+](c1ccccc1)c1ccccc1. The van der Waals surface area contributed by atoms with E-state index in [1.807, 2.05) is 60.7 Å². The summed E-state index contributed by atoms with van der Waals surface area (Å²) in [4.78, 5) is 2.90. The quantitative estimate of drug-likeness (QED) is 0.467. The summed E-state index contributed by atoms with van der Waals surface area (Å²) in [5.41, 5.74) is -4.57. The van der Waals surface area contributed by atoms with Crippen LogP contribution in [0.15, 0.2) is 87.5 Å². The van der Waals surface area contributed by atoms with Crippen LogP contribution in [0.5, 0.6) is 5.75 Å². The van der Waals surface area contributed by atoms with E-state index in [-0.39, 0.29) is 5.75 Å². The van der Waals surface area contributed by atoms with E-state index in [2.05, 4.69) is 4.18 Å². The van der Waals surface area contributed by atoms with Crippen LogP contribution >= 0.6 is 0 Å². The number of hydrogen-bond acceptors (Lipinski definition) is 5. The third-order valence-corrected chi connectivity index (χ3v) is 9.57. The average Bonchev–Trinajstić information content (AvgIpc) is 2.70. The Kier molecular flexibility index (Phi) is 7.13. The maximum Gasteiger partial charge on any atom is 0.512 e. The van der Waals surface area contributed by atoms with Gasteiger partial charge in [0.05, 0.1) is 10.9 Å². The first kappa shape index (κ1) is 25.1. The maximum atomic E-state index is 12.5. The van der Waals surface area contributed by atoms with E-state index in [1.54, 1.807) is 13.8 Å². The summed E-state index contributed by atoms with van der Waals surface area (Å²) in [5, 5.41) is 0. The Balaban J connectivity index is 2.02. The standard InChI is InChI=1S/C21H19F3NO5S3/c1-15-13-17(30-33(28,29)25-32(26,27)21(22,23)24)14-16(2)20(15)31(18-9-5-3-6-10-18)19-11-7-4-8-12-19/h3-14,25H,1-2H3/q+1. The van der Waals surface area contributed by atoms with Gasteiger partial charge in [-0.3, -0.25) is 0 Å². The maximum absolute atomic E-state index is 12.5. The Morgan fingerprint density at radius 1 is 0.788 bits per heavy atom. The molecule has 12 heteroatoms. The fourth-order valence-corrected chi connectivity index (χ4v) is 7.39. The van der Waals surface area contributed by atoms with Crippen LogP contribution in [0.2, 0.25) is 0 Å². The van der Waals surface area contributed by atoms with Gasteiger partial charge in [0.1, 0.15) is 5.75 Å². The molecule has 0 aliphatic carbocycles. The van der Waals surface area contributed by atoms with Crippen molar-refractivity contribution in [2.45, 2.75) is 34.0 Å². The van der Waals surface area contributed by atoms with E-state index in [0.717, 1.165) is 14.7 Å². The van der Waals surface area contributed by atoms with E-state index >= 15 is 0 Å². The van der Waals surface area contributed by atoms with Gasteiger partial charge in [0.25, 0.3) is 0 Å². The zero-order valence-electron chi connectivity index (χ0n) is 17.3. The molecule has 0 saturated heterocycles.